The normalized spacial score (nSPS) is 35.2. The Morgan fingerprint density at radius 1 is 0.944 bits per heavy atom. The molecule has 0 unspecified atom stereocenters. The summed E-state index contributed by atoms with van der Waals surface area (Å²) in [5.41, 5.74) is 1.31. The van der Waals surface area contributed by atoms with Crippen molar-refractivity contribution in [3.8, 4) is 0 Å². The minimum Gasteiger partial charge on any atom is -0.465 e. The molecule has 0 heterocycles. The van der Waals surface area contributed by atoms with Gasteiger partial charge in [0.25, 0.3) is 0 Å². The molecular formula is C16H24O2. The molecule has 0 aromatic rings. The molecule has 2 heteroatoms. The van der Waals surface area contributed by atoms with E-state index in [4.69, 9.17) is 4.74 Å². The van der Waals surface area contributed by atoms with Gasteiger partial charge in [-0.05, 0) is 68.1 Å². The number of hydrogen-bond acceptors (Lipinski definition) is 2. The van der Waals surface area contributed by atoms with Crippen LogP contribution in [0.4, 0.5) is 0 Å². The van der Waals surface area contributed by atoms with Crippen LogP contribution in [-0.4, -0.2) is 12.6 Å². The fourth-order valence-corrected chi connectivity index (χ4v) is 4.92. The van der Waals surface area contributed by atoms with Gasteiger partial charge < -0.3 is 4.74 Å². The lowest BCUT2D eigenvalue weighted by atomic mass is 9.51. The first-order valence-electron chi connectivity index (χ1n) is 7.86. The molecule has 18 heavy (non-hydrogen) atoms. The van der Waals surface area contributed by atoms with Gasteiger partial charge in [-0.25, -0.2) is 0 Å². The molecule has 0 N–H and O–H groups in total. The van der Waals surface area contributed by atoms with Crippen LogP contribution in [-0.2, 0) is 9.53 Å². The van der Waals surface area contributed by atoms with Gasteiger partial charge in [-0.3, -0.25) is 4.79 Å². The van der Waals surface area contributed by atoms with Crippen LogP contribution >= 0.6 is 0 Å². The second-order valence-corrected chi connectivity index (χ2v) is 7.72. The average molecular weight is 248 g/mol. The van der Waals surface area contributed by atoms with E-state index in [2.05, 4.69) is 0 Å². The van der Waals surface area contributed by atoms with E-state index in [0.29, 0.717) is 23.4 Å². The first kappa shape index (κ1) is 11.3. The molecule has 0 bridgehead atoms. The second-order valence-electron chi connectivity index (χ2n) is 7.72. The SMILES string of the molecule is O=C(OCC1CC2(CCC2)C1)C1CC2(CCC2)C1. The first-order valence-corrected chi connectivity index (χ1v) is 7.86. The van der Waals surface area contributed by atoms with Gasteiger partial charge in [-0.1, -0.05) is 12.8 Å². The molecule has 0 atom stereocenters. The summed E-state index contributed by atoms with van der Waals surface area (Å²) in [6.07, 6.45) is 13.3. The van der Waals surface area contributed by atoms with Crippen molar-refractivity contribution in [2.45, 2.75) is 64.2 Å². The van der Waals surface area contributed by atoms with E-state index in [1.165, 1.54) is 51.4 Å². The summed E-state index contributed by atoms with van der Waals surface area (Å²) in [5, 5.41) is 0. The van der Waals surface area contributed by atoms with Gasteiger partial charge in [0.2, 0.25) is 0 Å². The fraction of sp³-hybridized carbons (Fsp3) is 0.938. The van der Waals surface area contributed by atoms with Gasteiger partial charge in [0.15, 0.2) is 0 Å². The van der Waals surface area contributed by atoms with Crippen molar-refractivity contribution in [3.63, 3.8) is 0 Å². The Bertz CT molecular complexity index is 349. The molecule has 2 spiro atoms. The third-order valence-electron chi connectivity index (χ3n) is 6.43. The number of esters is 1. The summed E-state index contributed by atoms with van der Waals surface area (Å²) < 4.78 is 5.53. The highest BCUT2D eigenvalue weighted by Crippen LogP contribution is 2.60. The molecule has 2 nitrogen and oxygen atoms in total. The van der Waals surface area contributed by atoms with Gasteiger partial charge in [0.05, 0.1) is 12.5 Å². The quantitative estimate of drug-likeness (QED) is 0.712. The minimum absolute atomic E-state index is 0.113. The highest BCUT2D eigenvalue weighted by atomic mass is 16.5. The molecule has 0 aromatic heterocycles. The summed E-state index contributed by atoms with van der Waals surface area (Å²) in [7, 11) is 0. The van der Waals surface area contributed by atoms with Crippen molar-refractivity contribution in [1.29, 1.82) is 0 Å². The van der Waals surface area contributed by atoms with Crippen molar-refractivity contribution < 1.29 is 9.53 Å². The molecular weight excluding hydrogens is 224 g/mol. The predicted molar refractivity (Wildman–Crippen MR) is 69.0 cm³/mol. The van der Waals surface area contributed by atoms with Crippen LogP contribution in [0.15, 0.2) is 0 Å². The summed E-state index contributed by atoms with van der Waals surface area (Å²) in [6.45, 7) is 0.712. The number of hydrogen-bond donors (Lipinski definition) is 0. The van der Waals surface area contributed by atoms with E-state index in [0.717, 1.165) is 12.8 Å². The van der Waals surface area contributed by atoms with Crippen molar-refractivity contribution in [2.24, 2.45) is 22.7 Å². The Morgan fingerprint density at radius 2 is 1.50 bits per heavy atom. The molecule has 0 saturated heterocycles. The lowest BCUT2D eigenvalue weighted by Crippen LogP contribution is -2.47. The molecule has 4 saturated carbocycles. The molecule has 4 aliphatic rings. The zero-order valence-corrected chi connectivity index (χ0v) is 11.2. The second kappa shape index (κ2) is 3.74. The number of ether oxygens (including phenoxy) is 1. The predicted octanol–water partition coefficient (Wildman–Crippen LogP) is 3.69. The van der Waals surface area contributed by atoms with Gasteiger partial charge >= 0.3 is 5.97 Å². The largest absolute Gasteiger partial charge is 0.465 e. The highest BCUT2D eigenvalue weighted by molar-refractivity contribution is 5.73. The van der Waals surface area contributed by atoms with Crippen LogP contribution in [0.3, 0.4) is 0 Å². The number of carbonyl (C=O) groups is 1. The lowest BCUT2D eigenvalue weighted by Gasteiger charge is -2.54. The Hall–Kier alpha value is -0.530. The first-order chi connectivity index (χ1) is 8.69. The van der Waals surface area contributed by atoms with Crippen molar-refractivity contribution >= 4 is 5.97 Å². The number of rotatable bonds is 3. The maximum absolute atomic E-state index is 11.9. The summed E-state index contributed by atoms with van der Waals surface area (Å²) in [6, 6.07) is 0. The van der Waals surface area contributed by atoms with Crippen molar-refractivity contribution in [3.05, 3.63) is 0 Å². The van der Waals surface area contributed by atoms with E-state index < -0.39 is 0 Å². The summed E-state index contributed by atoms with van der Waals surface area (Å²) in [4.78, 5) is 11.9. The van der Waals surface area contributed by atoms with Crippen LogP contribution in [0.25, 0.3) is 0 Å². The Labute approximate surface area is 109 Å². The van der Waals surface area contributed by atoms with E-state index >= 15 is 0 Å². The molecule has 0 amide bonds. The van der Waals surface area contributed by atoms with Crippen molar-refractivity contribution in [1.82, 2.24) is 0 Å². The van der Waals surface area contributed by atoms with Crippen LogP contribution in [0, 0.1) is 22.7 Å². The fourth-order valence-electron chi connectivity index (χ4n) is 4.92. The van der Waals surface area contributed by atoms with Crippen LogP contribution < -0.4 is 0 Å². The summed E-state index contributed by atoms with van der Waals surface area (Å²) in [5.74, 6) is 1.05. The zero-order valence-electron chi connectivity index (χ0n) is 11.2. The summed E-state index contributed by atoms with van der Waals surface area (Å²) >= 11 is 0. The Kier molecular flexibility index (Phi) is 2.35. The van der Waals surface area contributed by atoms with E-state index in [-0.39, 0.29) is 11.9 Å². The average Bonchev–Trinajstić information content (AvgIpc) is 2.07. The van der Waals surface area contributed by atoms with Gasteiger partial charge in [0, 0.05) is 0 Å². The molecule has 4 fully saturated rings. The number of carbonyl (C=O) groups excluding carboxylic acids is 1. The third kappa shape index (κ3) is 1.64. The zero-order chi connectivity index (χ0) is 12.2. The topological polar surface area (TPSA) is 26.3 Å². The van der Waals surface area contributed by atoms with Gasteiger partial charge in [-0.15, -0.1) is 0 Å². The Morgan fingerprint density at radius 3 is 2.00 bits per heavy atom. The minimum atomic E-state index is 0.113. The van der Waals surface area contributed by atoms with E-state index in [1.807, 2.05) is 0 Å². The van der Waals surface area contributed by atoms with Crippen molar-refractivity contribution in [2.75, 3.05) is 6.61 Å². The maximum atomic E-state index is 11.9. The highest BCUT2D eigenvalue weighted by Gasteiger charge is 2.52. The smallest absolute Gasteiger partial charge is 0.308 e. The van der Waals surface area contributed by atoms with Gasteiger partial charge in [0.1, 0.15) is 0 Å². The van der Waals surface area contributed by atoms with Crippen LogP contribution in [0.2, 0.25) is 0 Å². The molecule has 0 aromatic carbocycles. The molecule has 4 rings (SSSR count). The Balaban J connectivity index is 1.17. The standard InChI is InChI=1S/C16H24O2/c17-14(13-9-16(10-13)5-2-6-16)18-11-12-7-15(8-12)3-1-4-15/h12-13H,1-11H2. The third-order valence-corrected chi connectivity index (χ3v) is 6.43. The van der Waals surface area contributed by atoms with Crippen LogP contribution in [0.5, 0.6) is 0 Å². The maximum Gasteiger partial charge on any atom is 0.308 e. The molecule has 4 aliphatic carbocycles. The van der Waals surface area contributed by atoms with E-state index in [9.17, 15) is 4.79 Å². The van der Waals surface area contributed by atoms with E-state index in [1.54, 1.807) is 0 Å². The molecule has 0 aliphatic heterocycles. The van der Waals surface area contributed by atoms with Gasteiger partial charge in [-0.2, -0.15) is 0 Å². The monoisotopic (exact) mass is 248 g/mol. The van der Waals surface area contributed by atoms with Crippen LogP contribution in [0.1, 0.15) is 64.2 Å². The molecule has 100 valence electrons. The lowest BCUT2D eigenvalue weighted by molar-refractivity contribution is -0.166. The molecule has 0 radical (unpaired) electrons.